The highest BCUT2D eigenvalue weighted by atomic mass is 32.2. The van der Waals surface area contributed by atoms with E-state index < -0.39 is 0 Å². The van der Waals surface area contributed by atoms with Crippen molar-refractivity contribution in [2.24, 2.45) is 0 Å². The smallest absolute Gasteiger partial charge is 0.189 e. The summed E-state index contributed by atoms with van der Waals surface area (Å²) in [4.78, 5) is 11.4. The van der Waals surface area contributed by atoms with Crippen molar-refractivity contribution in [3.05, 3.63) is 12.2 Å². The lowest BCUT2D eigenvalue weighted by molar-refractivity contribution is -0.111. The van der Waals surface area contributed by atoms with Crippen LogP contribution in [0.15, 0.2) is 12.2 Å². The fraction of sp³-hybridized carbons (Fsp3) is 0.636. The van der Waals surface area contributed by atoms with E-state index in [4.69, 9.17) is 5.26 Å². The molecule has 0 atom stereocenters. The minimum absolute atomic E-state index is 0.0135. The third-order valence-electron chi connectivity index (χ3n) is 1.36. The molecule has 0 amide bonds. The standard InChI is InChI=1S/C11H17NOS/c1-11(2,3)14-10(13)8-6-4-5-7-9-12/h5,7H,4,6,8H2,1-3H3. The van der Waals surface area contributed by atoms with E-state index in [2.05, 4.69) is 0 Å². The van der Waals surface area contributed by atoms with Crippen LogP contribution in [0.2, 0.25) is 0 Å². The molecule has 0 bridgehead atoms. The van der Waals surface area contributed by atoms with Gasteiger partial charge in [-0.15, -0.1) is 0 Å². The van der Waals surface area contributed by atoms with Gasteiger partial charge in [0.25, 0.3) is 0 Å². The predicted molar refractivity (Wildman–Crippen MR) is 61.0 cm³/mol. The molecular formula is C11H17NOS. The molecule has 0 saturated carbocycles. The third kappa shape index (κ3) is 9.34. The molecule has 0 rings (SSSR count). The number of allylic oxidation sites excluding steroid dienone is 2. The van der Waals surface area contributed by atoms with E-state index in [-0.39, 0.29) is 9.86 Å². The number of nitriles is 1. The van der Waals surface area contributed by atoms with Gasteiger partial charge < -0.3 is 0 Å². The first-order valence-corrected chi connectivity index (χ1v) is 5.54. The number of hydrogen-bond donors (Lipinski definition) is 0. The second-order valence-corrected chi connectivity index (χ2v) is 5.89. The van der Waals surface area contributed by atoms with Crippen LogP contribution in [-0.4, -0.2) is 9.86 Å². The van der Waals surface area contributed by atoms with Gasteiger partial charge in [0, 0.05) is 17.2 Å². The van der Waals surface area contributed by atoms with E-state index in [9.17, 15) is 4.79 Å². The van der Waals surface area contributed by atoms with Crippen LogP contribution in [-0.2, 0) is 4.79 Å². The third-order valence-corrected chi connectivity index (χ3v) is 2.41. The Kier molecular flexibility index (Phi) is 6.31. The van der Waals surface area contributed by atoms with Crippen molar-refractivity contribution < 1.29 is 4.79 Å². The van der Waals surface area contributed by atoms with Crippen LogP contribution in [0.25, 0.3) is 0 Å². The number of unbranched alkanes of at least 4 members (excludes halogenated alkanes) is 1. The predicted octanol–water partition coefficient (Wildman–Crippen LogP) is 3.29. The quantitative estimate of drug-likeness (QED) is 0.529. The first kappa shape index (κ1) is 13.2. The van der Waals surface area contributed by atoms with Gasteiger partial charge in [-0.05, 0) is 12.8 Å². The maximum atomic E-state index is 11.4. The molecule has 2 nitrogen and oxygen atoms in total. The van der Waals surface area contributed by atoms with Gasteiger partial charge in [0.1, 0.15) is 0 Å². The van der Waals surface area contributed by atoms with E-state index in [0.717, 1.165) is 12.8 Å². The topological polar surface area (TPSA) is 40.9 Å². The lowest BCUT2D eigenvalue weighted by Gasteiger charge is -2.15. The molecule has 0 aliphatic rings. The first-order valence-electron chi connectivity index (χ1n) is 4.72. The molecule has 14 heavy (non-hydrogen) atoms. The largest absolute Gasteiger partial charge is 0.287 e. The summed E-state index contributed by atoms with van der Waals surface area (Å²) in [5.41, 5.74) is 0. The molecule has 0 aliphatic heterocycles. The van der Waals surface area contributed by atoms with E-state index in [1.165, 1.54) is 17.8 Å². The van der Waals surface area contributed by atoms with Gasteiger partial charge in [0.15, 0.2) is 5.12 Å². The van der Waals surface area contributed by atoms with Crippen molar-refractivity contribution in [1.29, 1.82) is 5.26 Å². The minimum Gasteiger partial charge on any atom is -0.287 e. The van der Waals surface area contributed by atoms with E-state index in [0.29, 0.717) is 6.42 Å². The Morgan fingerprint density at radius 1 is 1.50 bits per heavy atom. The average molecular weight is 211 g/mol. The fourth-order valence-electron chi connectivity index (χ4n) is 0.893. The lowest BCUT2D eigenvalue weighted by atomic mass is 10.2. The summed E-state index contributed by atoms with van der Waals surface area (Å²) in [6.07, 6.45) is 5.50. The van der Waals surface area contributed by atoms with Gasteiger partial charge in [-0.2, -0.15) is 5.26 Å². The number of carbonyl (C=O) groups excluding carboxylic acids is 1. The summed E-state index contributed by atoms with van der Waals surface area (Å²) < 4.78 is 0.0135. The number of nitrogens with zero attached hydrogens (tertiary/aromatic N) is 1. The normalized spacial score (nSPS) is 11.6. The molecule has 0 aromatic heterocycles. The van der Waals surface area contributed by atoms with Gasteiger partial charge in [0.2, 0.25) is 0 Å². The summed E-state index contributed by atoms with van der Waals surface area (Å²) in [6.45, 7) is 6.10. The average Bonchev–Trinajstić information content (AvgIpc) is 2.00. The van der Waals surface area contributed by atoms with E-state index in [1.807, 2.05) is 26.8 Å². The summed E-state index contributed by atoms with van der Waals surface area (Å²) in [5, 5.41) is 8.46. The molecule has 0 fully saturated rings. The highest BCUT2D eigenvalue weighted by Crippen LogP contribution is 2.25. The zero-order valence-electron chi connectivity index (χ0n) is 9.04. The zero-order chi connectivity index (χ0) is 11.0. The van der Waals surface area contributed by atoms with Gasteiger partial charge in [-0.1, -0.05) is 38.6 Å². The summed E-state index contributed by atoms with van der Waals surface area (Å²) >= 11 is 1.39. The van der Waals surface area contributed by atoms with Gasteiger partial charge in [-0.3, -0.25) is 4.79 Å². The Morgan fingerprint density at radius 2 is 2.14 bits per heavy atom. The van der Waals surface area contributed by atoms with Crippen LogP contribution in [0.4, 0.5) is 0 Å². The van der Waals surface area contributed by atoms with Gasteiger partial charge in [-0.25, -0.2) is 0 Å². The molecule has 0 spiro atoms. The van der Waals surface area contributed by atoms with Crippen LogP contribution < -0.4 is 0 Å². The van der Waals surface area contributed by atoms with E-state index in [1.54, 1.807) is 6.08 Å². The number of rotatable bonds is 4. The molecule has 3 heteroatoms. The van der Waals surface area contributed by atoms with Crippen LogP contribution in [0.5, 0.6) is 0 Å². The maximum Gasteiger partial charge on any atom is 0.189 e. The van der Waals surface area contributed by atoms with Crippen LogP contribution >= 0.6 is 11.8 Å². The Morgan fingerprint density at radius 3 is 2.64 bits per heavy atom. The van der Waals surface area contributed by atoms with Crippen molar-refractivity contribution in [2.75, 3.05) is 0 Å². The molecule has 0 unspecified atom stereocenters. The Bertz CT molecular complexity index is 245. The van der Waals surface area contributed by atoms with Crippen LogP contribution in [0, 0.1) is 11.3 Å². The minimum atomic E-state index is 0.0135. The van der Waals surface area contributed by atoms with Crippen molar-refractivity contribution in [3.63, 3.8) is 0 Å². The Hall–Kier alpha value is -0.750. The molecule has 0 N–H and O–H groups in total. The second-order valence-electron chi connectivity index (χ2n) is 4.01. The fourth-order valence-corrected chi connectivity index (χ4v) is 1.82. The highest BCUT2D eigenvalue weighted by molar-refractivity contribution is 8.14. The molecule has 0 aromatic carbocycles. The Balaban J connectivity index is 3.56. The van der Waals surface area contributed by atoms with Gasteiger partial charge in [0.05, 0.1) is 6.07 Å². The zero-order valence-corrected chi connectivity index (χ0v) is 9.86. The number of thioether (sulfide) groups is 1. The molecule has 78 valence electrons. The lowest BCUT2D eigenvalue weighted by Crippen LogP contribution is -2.11. The monoisotopic (exact) mass is 211 g/mol. The summed E-state index contributed by atoms with van der Waals surface area (Å²) in [5.74, 6) is 0. The van der Waals surface area contributed by atoms with Crippen molar-refractivity contribution in [2.45, 2.75) is 44.8 Å². The molecule has 0 aliphatic carbocycles. The van der Waals surface area contributed by atoms with Crippen molar-refractivity contribution >= 4 is 16.9 Å². The second kappa shape index (κ2) is 6.67. The first-order chi connectivity index (χ1) is 6.45. The highest BCUT2D eigenvalue weighted by Gasteiger charge is 2.15. The number of hydrogen-bond acceptors (Lipinski definition) is 3. The molecule has 0 heterocycles. The summed E-state index contributed by atoms with van der Waals surface area (Å²) in [6, 6.07) is 1.92. The molecule has 0 radical (unpaired) electrons. The SMILES string of the molecule is CC(C)(C)SC(=O)CCCC=CC#N. The van der Waals surface area contributed by atoms with E-state index >= 15 is 0 Å². The summed E-state index contributed by atoms with van der Waals surface area (Å²) in [7, 11) is 0. The van der Waals surface area contributed by atoms with Crippen molar-refractivity contribution in [3.8, 4) is 6.07 Å². The van der Waals surface area contributed by atoms with Crippen molar-refractivity contribution in [1.82, 2.24) is 0 Å². The number of carbonyl (C=O) groups is 1. The molecule has 0 aromatic rings. The molecular weight excluding hydrogens is 194 g/mol. The molecule has 0 saturated heterocycles. The maximum absolute atomic E-state index is 11.4. The Labute approximate surface area is 90.4 Å². The van der Waals surface area contributed by atoms with Crippen LogP contribution in [0.1, 0.15) is 40.0 Å². The van der Waals surface area contributed by atoms with Crippen LogP contribution in [0.3, 0.4) is 0 Å². The van der Waals surface area contributed by atoms with Gasteiger partial charge >= 0.3 is 0 Å².